The first-order valence-corrected chi connectivity index (χ1v) is 8.39. The summed E-state index contributed by atoms with van der Waals surface area (Å²) in [6, 6.07) is 16.1. The molecule has 2 aromatic carbocycles. The molecule has 0 saturated heterocycles. The third kappa shape index (κ3) is 1.98. The van der Waals surface area contributed by atoms with Gasteiger partial charge < -0.3 is 14.2 Å². The van der Waals surface area contributed by atoms with E-state index in [1.807, 2.05) is 36.4 Å². The van der Waals surface area contributed by atoms with Crippen LogP contribution in [0.15, 0.2) is 53.4 Å². The average molecular weight is 312 g/mol. The first-order chi connectivity index (χ1) is 10.8. The van der Waals surface area contributed by atoms with Crippen molar-refractivity contribution in [3.63, 3.8) is 0 Å². The maximum absolute atomic E-state index is 6.13. The predicted molar refractivity (Wildman–Crippen MR) is 88.1 cm³/mol. The van der Waals surface area contributed by atoms with E-state index in [9.17, 15) is 0 Å². The number of benzene rings is 2. The highest BCUT2D eigenvalue weighted by atomic mass is 32.2. The molecule has 0 aliphatic carbocycles. The summed E-state index contributed by atoms with van der Waals surface area (Å²) in [4.78, 5) is 1.21. The van der Waals surface area contributed by atoms with E-state index >= 15 is 0 Å². The van der Waals surface area contributed by atoms with Gasteiger partial charge >= 0.3 is 0 Å². The number of methoxy groups -OCH3 is 1. The first kappa shape index (κ1) is 13.6. The summed E-state index contributed by atoms with van der Waals surface area (Å²) >= 11 is 1.72. The van der Waals surface area contributed by atoms with Crippen molar-refractivity contribution in [2.24, 2.45) is 0 Å². The van der Waals surface area contributed by atoms with Gasteiger partial charge in [-0.1, -0.05) is 30.3 Å². The molecular weight excluding hydrogens is 296 g/mol. The van der Waals surface area contributed by atoms with Gasteiger partial charge in [0.2, 0.25) is 0 Å². The Morgan fingerprint density at radius 2 is 1.86 bits per heavy atom. The lowest BCUT2D eigenvalue weighted by Crippen LogP contribution is -2.15. The Balaban J connectivity index is 1.81. The number of hydrogen-bond donors (Lipinski definition) is 0. The largest absolute Gasteiger partial charge is 0.497 e. The molecule has 2 unspecified atom stereocenters. The van der Waals surface area contributed by atoms with E-state index in [0.717, 1.165) is 28.4 Å². The van der Waals surface area contributed by atoms with Gasteiger partial charge in [0.1, 0.15) is 17.3 Å². The molecule has 3 nitrogen and oxygen atoms in total. The normalized spacial score (nSPS) is 21.9. The molecule has 0 N–H and O–H groups in total. The molecule has 2 heterocycles. The van der Waals surface area contributed by atoms with Gasteiger partial charge in [-0.15, -0.1) is 11.8 Å². The summed E-state index contributed by atoms with van der Waals surface area (Å²) in [5.74, 6) is 2.78. The summed E-state index contributed by atoms with van der Waals surface area (Å²) < 4.78 is 17.5. The maximum atomic E-state index is 6.13. The highest BCUT2D eigenvalue weighted by Crippen LogP contribution is 2.54. The van der Waals surface area contributed by atoms with Crippen LogP contribution in [-0.2, 0) is 4.74 Å². The average Bonchev–Trinajstić information content (AvgIpc) is 3.10. The molecule has 4 rings (SSSR count). The van der Waals surface area contributed by atoms with Crippen molar-refractivity contribution in [1.82, 2.24) is 0 Å². The first-order valence-electron chi connectivity index (χ1n) is 7.16. The van der Waals surface area contributed by atoms with Crippen molar-refractivity contribution >= 4 is 17.5 Å². The van der Waals surface area contributed by atoms with Crippen molar-refractivity contribution in [2.45, 2.75) is 12.2 Å². The predicted octanol–water partition coefficient (Wildman–Crippen LogP) is 4.26. The molecule has 112 valence electrons. The second kappa shape index (κ2) is 5.29. The topological polar surface area (TPSA) is 27.7 Å². The number of rotatable bonds is 3. The fourth-order valence-corrected chi connectivity index (χ4v) is 3.88. The Bertz CT molecular complexity index is 739. The minimum atomic E-state index is -0.278. The Morgan fingerprint density at radius 1 is 1.05 bits per heavy atom. The molecule has 22 heavy (non-hydrogen) atoms. The van der Waals surface area contributed by atoms with Crippen molar-refractivity contribution in [3.8, 4) is 11.5 Å². The summed E-state index contributed by atoms with van der Waals surface area (Å²) in [6.07, 6.45) is 1.81. The van der Waals surface area contributed by atoms with E-state index in [4.69, 9.17) is 14.2 Å². The van der Waals surface area contributed by atoms with Crippen LogP contribution >= 0.6 is 11.8 Å². The van der Waals surface area contributed by atoms with Gasteiger partial charge in [0.25, 0.3) is 6.29 Å². The summed E-state index contributed by atoms with van der Waals surface area (Å²) in [7, 11) is 1.68. The summed E-state index contributed by atoms with van der Waals surface area (Å²) in [5, 5.41) is 0. The Labute approximate surface area is 133 Å². The van der Waals surface area contributed by atoms with Gasteiger partial charge in [0, 0.05) is 16.0 Å². The fraction of sp³-hybridized carbons (Fsp3) is 0.222. The Kier molecular flexibility index (Phi) is 3.26. The van der Waals surface area contributed by atoms with Crippen LogP contribution < -0.4 is 9.47 Å². The molecule has 2 aliphatic rings. The molecule has 0 amide bonds. The lowest BCUT2D eigenvalue weighted by molar-refractivity contribution is 0.00640. The van der Waals surface area contributed by atoms with E-state index in [2.05, 4.69) is 18.4 Å². The molecule has 0 bridgehead atoms. The van der Waals surface area contributed by atoms with Crippen LogP contribution in [0.5, 0.6) is 11.5 Å². The SMILES string of the molecule is COc1ccc2c(c1)C1C(SC)=C(c3ccccc3)OC1O2. The lowest BCUT2D eigenvalue weighted by Gasteiger charge is -2.11. The van der Waals surface area contributed by atoms with Crippen LogP contribution in [0.4, 0.5) is 0 Å². The highest BCUT2D eigenvalue weighted by molar-refractivity contribution is 8.02. The number of ether oxygens (including phenoxy) is 3. The van der Waals surface area contributed by atoms with Crippen LogP contribution in [-0.4, -0.2) is 19.7 Å². The van der Waals surface area contributed by atoms with Crippen LogP contribution in [0, 0.1) is 0 Å². The van der Waals surface area contributed by atoms with E-state index in [1.165, 1.54) is 4.91 Å². The van der Waals surface area contributed by atoms with Crippen LogP contribution in [0.25, 0.3) is 5.76 Å². The molecular formula is C18H16O3S. The zero-order valence-corrected chi connectivity index (χ0v) is 13.2. The molecule has 2 aromatic rings. The van der Waals surface area contributed by atoms with Gasteiger partial charge in [-0.3, -0.25) is 0 Å². The lowest BCUT2D eigenvalue weighted by atomic mass is 9.99. The number of hydrogen-bond acceptors (Lipinski definition) is 4. The fourth-order valence-electron chi connectivity index (χ4n) is 3.04. The van der Waals surface area contributed by atoms with Gasteiger partial charge in [0.05, 0.1) is 13.0 Å². The standard InChI is InChI=1S/C18H16O3S/c1-19-12-8-9-14-13(10-12)15-17(22-2)16(21-18(15)20-14)11-6-4-3-5-7-11/h3-10,15,18H,1-2H3. The van der Waals surface area contributed by atoms with E-state index < -0.39 is 0 Å². The van der Waals surface area contributed by atoms with Crippen LogP contribution in [0.3, 0.4) is 0 Å². The number of thioether (sulfide) groups is 1. The molecule has 0 fully saturated rings. The summed E-state index contributed by atoms with van der Waals surface area (Å²) in [6.45, 7) is 0. The van der Waals surface area contributed by atoms with Crippen molar-refractivity contribution in [2.75, 3.05) is 13.4 Å². The van der Waals surface area contributed by atoms with Gasteiger partial charge in [-0.05, 0) is 24.5 Å². The second-order valence-electron chi connectivity index (χ2n) is 5.25. The smallest absolute Gasteiger partial charge is 0.252 e. The van der Waals surface area contributed by atoms with Crippen LogP contribution in [0.2, 0.25) is 0 Å². The molecule has 0 aromatic heterocycles. The molecule has 2 atom stereocenters. The Morgan fingerprint density at radius 3 is 2.59 bits per heavy atom. The van der Waals surface area contributed by atoms with Crippen LogP contribution in [0.1, 0.15) is 17.0 Å². The molecule has 0 radical (unpaired) electrons. The Hall–Kier alpha value is -2.07. The highest BCUT2D eigenvalue weighted by Gasteiger charge is 2.45. The van der Waals surface area contributed by atoms with Crippen molar-refractivity contribution in [3.05, 3.63) is 64.6 Å². The second-order valence-corrected chi connectivity index (χ2v) is 6.10. The van der Waals surface area contributed by atoms with Gasteiger partial charge in [0.15, 0.2) is 0 Å². The third-order valence-corrected chi connectivity index (χ3v) is 4.94. The molecule has 0 saturated carbocycles. The van der Waals surface area contributed by atoms with E-state index in [0.29, 0.717) is 0 Å². The zero-order valence-electron chi connectivity index (χ0n) is 12.4. The van der Waals surface area contributed by atoms with Crippen molar-refractivity contribution in [1.29, 1.82) is 0 Å². The van der Waals surface area contributed by atoms with E-state index in [1.54, 1.807) is 18.9 Å². The molecule has 0 spiro atoms. The molecule has 2 aliphatic heterocycles. The minimum absolute atomic E-state index is 0.121. The monoisotopic (exact) mass is 312 g/mol. The summed E-state index contributed by atoms with van der Waals surface area (Å²) in [5.41, 5.74) is 2.23. The van der Waals surface area contributed by atoms with Gasteiger partial charge in [-0.2, -0.15) is 0 Å². The molecule has 4 heteroatoms. The zero-order chi connectivity index (χ0) is 15.1. The third-order valence-electron chi connectivity index (χ3n) is 4.06. The minimum Gasteiger partial charge on any atom is -0.497 e. The maximum Gasteiger partial charge on any atom is 0.252 e. The van der Waals surface area contributed by atoms with Crippen molar-refractivity contribution < 1.29 is 14.2 Å². The quantitative estimate of drug-likeness (QED) is 0.846. The number of fused-ring (bicyclic) bond motifs is 3. The van der Waals surface area contributed by atoms with Gasteiger partial charge in [-0.25, -0.2) is 0 Å². The van der Waals surface area contributed by atoms with E-state index in [-0.39, 0.29) is 12.2 Å².